The highest BCUT2D eigenvalue weighted by atomic mass is 32.1. The second kappa shape index (κ2) is 6.29. The van der Waals surface area contributed by atoms with Crippen LogP contribution in [0.1, 0.15) is 33.5 Å². The number of ether oxygens (including phenoxy) is 2. The van der Waals surface area contributed by atoms with E-state index in [1.807, 2.05) is 0 Å². The van der Waals surface area contributed by atoms with Crippen LogP contribution in [-0.4, -0.2) is 33.9 Å². The van der Waals surface area contributed by atoms with Crippen molar-refractivity contribution in [1.82, 2.24) is 14.9 Å². The van der Waals surface area contributed by atoms with Gasteiger partial charge in [-0.3, -0.25) is 4.79 Å². The Bertz CT molecular complexity index is 688. The molecule has 8 heteroatoms. The molecule has 0 unspecified atom stereocenters. The number of hydrogen-bond acceptors (Lipinski definition) is 7. The molecule has 7 nitrogen and oxygen atoms in total. The Balaban J connectivity index is 1.53. The number of carbonyl (C=O) groups excluding carboxylic acids is 1. The van der Waals surface area contributed by atoms with E-state index in [0.29, 0.717) is 35.0 Å². The summed E-state index contributed by atoms with van der Waals surface area (Å²) in [5.41, 5.74) is 1.34. The number of benzene rings is 1. The lowest BCUT2D eigenvalue weighted by Gasteiger charge is -2.12. The Kier molecular flexibility index (Phi) is 4.21. The normalized spacial score (nSPS) is 13.9. The van der Waals surface area contributed by atoms with Crippen LogP contribution in [-0.2, 0) is 0 Å². The lowest BCUT2D eigenvalue weighted by molar-refractivity contribution is 0.0946. The van der Waals surface area contributed by atoms with Gasteiger partial charge in [-0.05, 0) is 42.6 Å². The predicted molar refractivity (Wildman–Crippen MR) is 79.1 cm³/mol. The third kappa shape index (κ3) is 3.02. The van der Waals surface area contributed by atoms with Gasteiger partial charge in [0.1, 0.15) is 4.88 Å². The minimum atomic E-state index is -0.685. The number of hydrogen-bond donors (Lipinski definition) is 2. The van der Waals surface area contributed by atoms with Crippen molar-refractivity contribution in [3.05, 3.63) is 34.3 Å². The van der Waals surface area contributed by atoms with Crippen molar-refractivity contribution >= 4 is 17.4 Å². The Morgan fingerprint density at radius 3 is 3.05 bits per heavy atom. The Hall–Kier alpha value is -2.19. The summed E-state index contributed by atoms with van der Waals surface area (Å²) < 4.78 is 14.2. The third-order valence-electron chi connectivity index (χ3n) is 3.34. The standard InChI is InChI=1S/C14H15N3O4S/c1-8-13(22-17-16-8)14(19)15-5-4-10(18)9-2-3-11-12(6-9)21-7-20-11/h2-3,6,10,18H,4-5,7H2,1H3,(H,15,19)/t10-/m1/s1. The number of nitrogens with zero attached hydrogens (tertiary/aromatic N) is 2. The van der Waals surface area contributed by atoms with E-state index in [1.165, 1.54) is 0 Å². The summed E-state index contributed by atoms with van der Waals surface area (Å²) in [6.45, 7) is 2.29. The van der Waals surface area contributed by atoms with Crippen molar-refractivity contribution in [3.8, 4) is 11.5 Å². The van der Waals surface area contributed by atoms with Crippen molar-refractivity contribution in [3.63, 3.8) is 0 Å². The fourth-order valence-electron chi connectivity index (χ4n) is 2.13. The van der Waals surface area contributed by atoms with Gasteiger partial charge in [-0.25, -0.2) is 0 Å². The molecule has 3 rings (SSSR count). The van der Waals surface area contributed by atoms with Crippen molar-refractivity contribution in [2.45, 2.75) is 19.4 Å². The zero-order valence-corrected chi connectivity index (χ0v) is 12.7. The molecule has 0 fully saturated rings. The van der Waals surface area contributed by atoms with Crippen LogP contribution >= 0.6 is 11.5 Å². The SMILES string of the molecule is Cc1nnsc1C(=O)NCC[C@@H](O)c1ccc2c(c1)OCO2. The lowest BCUT2D eigenvalue weighted by atomic mass is 10.1. The molecule has 2 heterocycles. The van der Waals surface area contributed by atoms with E-state index in [-0.39, 0.29) is 12.7 Å². The van der Waals surface area contributed by atoms with Gasteiger partial charge in [0, 0.05) is 6.54 Å². The van der Waals surface area contributed by atoms with Gasteiger partial charge in [-0.2, -0.15) is 0 Å². The maximum atomic E-state index is 11.9. The number of carbonyl (C=O) groups is 1. The maximum Gasteiger partial charge on any atom is 0.264 e. The summed E-state index contributed by atoms with van der Waals surface area (Å²) in [6, 6.07) is 5.31. The van der Waals surface area contributed by atoms with Crippen LogP contribution in [0, 0.1) is 6.92 Å². The second-order valence-corrected chi connectivity index (χ2v) is 5.61. The van der Waals surface area contributed by atoms with E-state index < -0.39 is 6.10 Å². The number of amides is 1. The number of aryl methyl sites for hydroxylation is 1. The summed E-state index contributed by atoms with van der Waals surface area (Å²) in [6.07, 6.45) is -0.285. The number of fused-ring (bicyclic) bond motifs is 1. The average molecular weight is 321 g/mol. The molecule has 1 aliphatic rings. The average Bonchev–Trinajstić information content (AvgIpc) is 3.14. The van der Waals surface area contributed by atoms with Gasteiger partial charge in [0.05, 0.1) is 11.8 Å². The molecule has 0 aliphatic carbocycles. The Morgan fingerprint density at radius 2 is 2.27 bits per heavy atom. The van der Waals surface area contributed by atoms with Gasteiger partial charge in [0.25, 0.3) is 5.91 Å². The summed E-state index contributed by atoms with van der Waals surface area (Å²) in [4.78, 5) is 12.4. The van der Waals surface area contributed by atoms with Crippen LogP contribution in [0.25, 0.3) is 0 Å². The van der Waals surface area contributed by atoms with Crippen LogP contribution in [0.4, 0.5) is 0 Å². The van der Waals surface area contributed by atoms with Crippen LogP contribution in [0.5, 0.6) is 11.5 Å². The van der Waals surface area contributed by atoms with Gasteiger partial charge in [0.15, 0.2) is 11.5 Å². The van der Waals surface area contributed by atoms with Crippen LogP contribution < -0.4 is 14.8 Å². The van der Waals surface area contributed by atoms with E-state index in [0.717, 1.165) is 17.1 Å². The van der Waals surface area contributed by atoms with Crippen LogP contribution in [0.3, 0.4) is 0 Å². The molecule has 1 aromatic carbocycles. The zero-order chi connectivity index (χ0) is 15.5. The van der Waals surface area contributed by atoms with Gasteiger partial charge < -0.3 is 19.9 Å². The second-order valence-electron chi connectivity index (χ2n) is 4.86. The van der Waals surface area contributed by atoms with Gasteiger partial charge in [-0.15, -0.1) is 5.10 Å². The van der Waals surface area contributed by atoms with Crippen LogP contribution in [0.2, 0.25) is 0 Å². The molecule has 22 heavy (non-hydrogen) atoms. The zero-order valence-electron chi connectivity index (χ0n) is 11.9. The number of aromatic nitrogens is 2. The highest BCUT2D eigenvalue weighted by Crippen LogP contribution is 2.34. The smallest absolute Gasteiger partial charge is 0.264 e. The molecule has 2 aromatic rings. The third-order valence-corrected chi connectivity index (χ3v) is 4.17. The molecule has 0 radical (unpaired) electrons. The quantitative estimate of drug-likeness (QED) is 0.865. The van der Waals surface area contributed by atoms with Crippen molar-refractivity contribution in [1.29, 1.82) is 0 Å². The summed E-state index contributed by atoms with van der Waals surface area (Å²) >= 11 is 1.06. The minimum Gasteiger partial charge on any atom is -0.454 e. The molecule has 1 aromatic heterocycles. The van der Waals surface area contributed by atoms with Crippen molar-refractivity contribution < 1.29 is 19.4 Å². The Morgan fingerprint density at radius 1 is 1.45 bits per heavy atom. The van der Waals surface area contributed by atoms with Gasteiger partial charge >= 0.3 is 0 Å². The number of aliphatic hydroxyl groups is 1. The summed E-state index contributed by atoms with van der Waals surface area (Å²) in [5.74, 6) is 1.09. The van der Waals surface area contributed by atoms with Crippen LogP contribution in [0.15, 0.2) is 18.2 Å². The molecule has 2 N–H and O–H groups in total. The molecule has 0 bridgehead atoms. The summed E-state index contributed by atoms with van der Waals surface area (Å²) in [7, 11) is 0. The number of rotatable bonds is 5. The molecule has 1 amide bonds. The number of nitrogens with one attached hydrogen (secondary N) is 1. The molecule has 0 saturated heterocycles. The van der Waals surface area contributed by atoms with E-state index in [9.17, 15) is 9.90 Å². The summed E-state index contributed by atoms with van der Waals surface area (Å²) in [5, 5.41) is 16.7. The highest BCUT2D eigenvalue weighted by molar-refractivity contribution is 7.07. The largest absolute Gasteiger partial charge is 0.454 e. The fourth-order valence-corrected chi connectivity index (χ4v) is 2.70. The first kappa shape index (κ1) is 14.7. The first-order chi connectivity index (χ1) is 10.6. The number of aliphatic hydroxyl groups excluding tert-OH is 1. The Labute approximate surface area is 131 Å². The van der Waals surface area contributed by atoms with Gasteiger partial charge in [0.2, 0.25) is 6.79 Å². The first-order valence-corrected chi connectivity index (χ1v) is 7.57. The molecule has 1 aliphatic heterocycles. The van der Waals surface area contributed by atoms with E-state index in [4.69, 9.17) is 9.47 Å². The fraction of sp³-hybridized carbons (Fsp3) is 0.357. The van der Waals surface area contributed by atoms with Crippen molar-refractivity contribution in [2.75, 3.05) is 13.3 Å². The first-order valence-electron chi connectivity index (χ1n) is 6.80. The molecule has 116 valence electrons. The van der Waals surface area contributed by atoms with E-state index in [2.05, 4.69) is 14.9 Å². The topological polar surface area (TPSA) is 93.6 Å². The van der Waals surface area contributed by atoms with E-state index in [1.54, 1.807) is 25.1 Å². The molecular weight excluding hydrogens is 306 g/mol. The maximum absolute atomic E-state index is 11.9. The predicted octanol–water partition coefficient (Wildman–Crippen LogP) is 1.43. The molecular formula is C14H15N3O4S. The lowest BCUT2D eigenvalue weighted by Crippen LogP contribution is -2.25. The molecule has 0 spiro atoms. The monoisotopic (exact) mass is 321 g/mol. The van der Waals surface area contributed by atoms with E-state index >= 15 is 0 Å². The molecule has 1 atom stereocenters. The highest BCUT2D eigenvalue weighted by Gasteiger charge is 2.17. The molecule has 0 saturated carbocycles. The minimum absolute atomic E-state index is 0.202. The van der Waals surface area contributed by atoms with Crippen molar-refractivity contribution in [2.24, 2.45) is 0 Å². The van der Waals surface area contributed by atoms with Gasteiger partial charge in [-0.1, -0.05) is 10.6 Å².